The van der Waals surface area contributed by atoms with Crippen molar-refractivity contribution in [2.75, 3.05) is 6.61 Å². The molecule has 1 rings (SSSR count). The molecule has 0 saturated heterocycles. The fraction of sp³-hybridized carbons (Fsp3) is 0.545. The second-order valence-electron chi connectivity index (χ2n) is 3.44. The van der Waals surface area contributed by atoms with E-state index in [1.807, 2.05) is 13.8 Å². The molecule has 0 aromatic carbocycles. The van der Waals surface area contributed by atoms with Crippen molar-refractivity contribution in [2.24, 2.45) is 5.92 Å². The topological polar surface area (TPSA) is 26.3 Å². The van der Waals surface area contributed by atoms with E-state index < -0.39 is 0 Å². The van der Waals surface area contributed by atoms with Gasteiger partial charge in [-0.2, -0.15) is 11.3 Å². The van der Waals surface area contributed by atoms with Gasteiger partial charge in [0.05, 0.1) is 12.5 Å². The van der Waals surface area contributed by atoms with Crippen LogP contribution in [0.5, 0.6) is 0 Å². The number of esters is 1. The van der Waals surface area contributed by atoms with Crippen molar-refractivity contribution in [1.82, 2.24) is 0 Å². The molecule has 0 aliphatic heterocycles. The maximum atomic E-state index is 11.4. The van der Waals surface area contributed by atoms with Gasteiger partial charge in [0.2, 0.25) is 0 Å². The van der Waals surface area contributed by atoms with Crippen molar-refractivity contribution in [3.63, 3.8) is 0 Å². The van der Waals surface area contributed by atoms with Gasteiger partial charge in [0.25, 0.3) is 0 Å². The molecule has 0 aliphatic carbocycles. The highest BCUT2D eigenvalue weighted by Crippen LogP contribution is 2.18. The van der Waals surface area contributed by atoms with Crippen LogP contribution in [0.15, 0.2) is 10.8 Å². The van der Waals surface area contributed by atoms with Crippen LogP contribution < -0.4 is 0 Å². The van der Waals surface area contributed by atoms with Gasteiger partial charge in [-0.15, -0.1) is 0 Å². The van der Waals surface area contributed by atoms with E-state index in [2.05, 4.69) is 17.7 Å². The lowest BCUT2D eigenvalue weighted by Gasteiger charge is -2.09. The summed E-state index contributed by atoms with van der Waals surface area (Å²) in [6.07, 6.45) is 0.786. The van der Waals surface area contributed by atoms with Crippen LogP contribution >= 0.6 is 11.3 Å². The van der Waals surface area contributed by atoms with E-state index in [0.717, 1.165) is 6.42 Å². The third kappa shape index (κ3) is 2.84. The van der Waals surface area contributed by atoms with Crippen molar-refractivity contribution in [1.29, 1.82) is 0 Å². The van der Waals surface area contributed by atoms with Crippen LogP contribution in [0.3, 0.4) is 0 Å². The number of thiophene rings is 1. The van der Waals surface area contributed by atoms with Crippen LogP contribution in [-0.4, -0.2) is 12.6 Å². The standard InChI is InChI=1S/C11H16O2S/c1-4-13-11(12)8(2)5-10-7-14-6-9(10)3/h6-8H,4-5H2,1-3H3. The van der Waals surface area contributed by atoms with Gasteiger partial charge in [0, 0.05) is 0 Å². The predicted molar refractivity (Wildman–Crippen MR) is 58.6 cm³/mol. The van der Waals surface area contributed by atoms with Crippen LogP contribution in [0.2, 0.25) is 0 Å². The van der Waals surface area contributed by atoms with Crippen LogP contribution in [0.1, 0.15) is 25.0 Å². The van der Waals surface area contributed by atoms with Gasteiger partial charge in [0.1, 0.15) is 0 Å². The average molecular weight is 212 g/mol. The molecule has 0 fully saturated rings. The van der Waals surface area contributed by atoms with E-state index in [0.29, 0.717) is 6.61 Å². The van der Waals surface area contributed by atoms with Gasteiger partial charge in [-0.25, -0.2) is 0 Å². The van der Waals surface area contributed by atoms with Crippen LogP contribution in [-0.2, 0) is 16.0 Å². The van der Waals surface area contributed by atoms with Gasteiger partial charge in [0.15, 0.2) is 0 Å². The van der Waals surface area contributed by atoms with E-state index in [-0.39, 0.29) is 11.9 Å². The third-order valence-electron chi connectivity index (χ3n) is 2.18. The summed E-state index contributed by atoms with van der Waals surface area (Å²) >= 11 is 1.68. The van der Waals surface area contributed by atoms with Crippen molar-refractivity contribution >= 4 is 17.3 Å². The van der Waals surface area contributed by atoms with Gasteiger partial charge >= 0.3 is 5.97 Å². The Balaban J connectivity index is 2.52. The lowest BCUT2D eigenvalue weighted by molar-refractivity contribution is -0.147. The summed E-state index contributed by atoms with van der Waals surface area (Å²) in [5.74, 6) is -0.138. The lowest BCUT2D eigenvalue weighted by atomic mass is 10.0. The number of ether oxygens (including phenoxy) is 1. The molecule has 0 spiro atoms. The van der Waals surface area contributed by atoms with Gasteiger partial charge in [-0.05, 0) is 42.2 Å². The van der Waals surface area contributed by atoms with E-state index >= 15 is 0 Å². The summed E-state index contributed by atoms with van der Waals surface area (Å²) in [6.45, 7) is 6.28. The highest BCUT2D eigenvalue weighted by atomic mass is 32.1. The van der Waals surface area contributed by atoms with E-state index in [4.69, 9.17) is 4.74 Å². The molecule has 0 radical (unpaired) electrons. The van der Waals surface area contributed by atoms with Gasteiger partial charge < -0.3 is 4.74 Å². The number of carbonyl (C=O) groups is 1. The fourth-order valence-electron chi connectivity index (χ4n) is 1.29. The number of carbonyl (C=O) groups excluding carboxylic acids is 1. The molecular formula is C11H16O2S. The smallest absolute Gasteiger partial charge is 0.308 e. The zero-order valence-electron chi connectivity index (χ0n) is 8.87. The number of hydrogen-bond donors (Lipinski definition) is 0. The van der Waals surface area contributed by atoms with Crippen molar-refractivity contribution in [3.05, 3.63) is 21.9 Å². The minimum absolute atomic E-state index is 0.0387. The molecule has 0 N–H and O–H groups in total. The molecule has 0 bridgehead atoms. The molecule has 0 amide bonds. The fourth-order valence-corrected chi connectivity index (χ4v) is 2.16. The summed E-state index contributed by atoms with van der Waals surface area (Å²) in [6, 6.07) is 0. The van der Waals surface area contributed by atoms with Gasteiger partial charge in [-0.1, -0.05) is 6.92 Å². The second-order valence-corrected chi connectivity index (χ2v) is 4.18. The van der Waals surface area contributed by atoms with Crippen molar-refractivity contribution < 1.29 is 9.53 Å². The minimum Gasteiger partial charge on any atom is -0.466 e. The Morgan fingerprint density at radius 3 is 2.79 bits per heavy atom. The van der Waals surface area contributed by atoms with Crippen LogP contribution in [0, 0.1) is 12.8 Å². The molecule has 3 heteroatoms. The lowest BCUT2D eigenvalue weighted by Crippen LogP contribution is -2.16. The molecule has 14 heavy (non-hydrogen) atoms. The summed E-state index contributed by atoms with van der Waals surface area (Å²) < 4.78 is 4.96. The summed E-state index contributed by atoms with van der Waals surface area (Å²) in [5, 5.41) is 4.21. The maximum Gasteiger partial charge on any atom is 0.308 e. The molecule has 1 heterocycles. The monoisotopic (exact) mass is 212 g/mol. The largest absolute Gasteiger partial charge is 0.466 e. The molecule has 1 aromatic rings. The summed E-state index contributed by atoms with van der Waals surface area (Å²) in [7, 11) is 0. The number of hydrogen-bond acceptors (Lipinski definition) is 3. The van der Waals surface area contributed by atoms with Crippen LogP contribution in [0.25, 0.3) is 0 Å². The first-order valence-corrected chi connectivity index (χ1v) is 5.77. The Labute approximate surface area is 88.9 Å². The van der Waals surface area contributed by atoms with E-state index in [1.165, 1.54) is 11.1 Å². The maximum absolute atomic E-state index is 11.4. The normalized spacial score (nSPS) is 12.5. The van der Waals surface area contributed by atoms with E-state index in [9.17, 15) is 4.79 Å². The Morgan fingerprint density at radius 2 is 2.29 bits per heavy atom. The Bertz CT molecular complexity index is 304. The van der Waals surface area contributed by atoms with E-state index in [1.54, 1.807) is 11.3 Å². The Kier molecular flexibility index (Phi) is 4.14. The number of rotatable bonds is 4. The molecule has 0 saturated carbocycles. The predicted octanol–water partition coefficient (Wildman–Crippen LogP) is 2.80. The average Bonchev–Trinajstić information content (AvgIpc) is 2.52. The highest BCUT2D eigenvalue weighted by Gasteiger charge is 2.15. The summed E-state index contributed by atoms with van der Waals surface area (Å²) in [5.41, 5.74) is 2.53. The molecular weight excluding hydrogens is 196 g/mol. The Morgan fingerprint density at radius 1 is 1.57 bits per heavy atom. The molecule has 1 atom stereocenters. The zero-order chi connectivity index (χ0) is 10.6. The number of aryl methyl sites for hydroxylation is 1. The first-order valence-electron chi connectivity index (χ1n) is 4.83. The molecule has 1 aromatic heterocycles. The molecule has 2 nitrogen and oxygen atoms in total. The third-order valence-corrected chi connectivity index (χ3v) is 3.09. The molecule has 1 unspecified atom stereocenters. The summed E-state index contributed by atoms with van der Waals surface area (Å²) in [4.78, 5) is 11.4. The zero-order valence-corrected chi connectivity index (χ0v) is 9.69. The molecule has 78 valence electrons. The van der Waals surface area contributed by atoms with Crippen molar-refractivity contribution in [3.8, 4) is 0 Å². The Hall–Kier alpha value is -0.830. The highest BCUT2D eigenvalue weighted by molar-refractivity contribution is 7.08. The van der Waals surface area contributed by atoms with Crippen LogP contribution in [0.4, 0.5) is 0 Å². The molecule has 0 aliphatic rings. The second kappa shape index (κ2) is 5.15. The van der Waals surface area contributed by atoms with Gasteiger partial charge in [-0.3, -0.25) is 4.79 Å². The van der Waals surface area contributed by atoms with Crippen molar-refractivity contribution in [2.45, 2.75) is 27.2 Å². The first-order chi connectivity index (χ1) is 6.65. The first kappa shape index (κ1) is 11.2. The quantitative estimate of drug-likeness (QED) is 0.717. The SMILES string of the molecule is CCOC(=O)C(C)Cc1cscc1C. The minimum atomic E-state index is -0.0990.